The molecule has 2 N–H and O–H groups in total. The third-order valence-corrected chi connectivity index (χ3v) is 6.64. The van der Waals surface area contributed by atoms with Crippen molar-refractivity contribution in [2.24, 2.45) is 0 Å². The highest BCUT2D eigenvalue weighted by molar-refractivity contribution is 7.17. The number of para-hydroxylation sites is 1. The number of thiophene rings is 1. The van der Waals surface area contributed by atoms with Gasteiger partial charge in [-0.3, -0.25) is 9.59 Å². The Bertz CT molecular complexity index is 1130. The summed E-state index contributed by atoms with van der Waals surface area (Å²) in [4.78, 5) is 41.3. The zero-order valence-electron chi connectivity index (χ0n) is 17.3. The summed E-state index contributed by atoms with van der Waals surface area (Å²) >= 11 is 1.41. The van der Waals surface area contributed by atoms with E-state index in [0.717, 1.165) is 59.0 Å². The second-order valence-electron chi connectivity index (χ2n) is 7.51. The molecule has 7 nitrogen and oxygen atoms in total. The predicted octanol–water partition coefficient (Wildman–Crippen LogP) is 4.01. The van der Waals surface area contributed by atoms with E-state index in [1.165, 1.54) is 18.4 Å². The minimum absolute atomic E-state index is 0.0675. The highest BCUT2D eigenvalue weighted by atomic mass is 32.1. The monoisotopic (exact) mass is 440 g/mol. The van der Waals surface area contributed by atoms with Crippen LogP contribution in [0.2, 0.25) is 0 Å². The second kappa shape index (κ2) is 9.34. The predicted molar refractivity (Wildman–Crippen MR) is 119 cm³/mol. The first-order valence-corrected chi connectivity index (χ1v) is 11.1. The summed E-state index contributed by atoms with van der Waals surface area (Å²) in [5.74, 6) is -1.42. The number of fused-ring (bicyclic) bond motifs is 2. The molecule has 0 atom stereocenters. The summed E-state index contributed by atoms with van der Waals surface area (Å²) in [5.41, 5.74) is 3.16. The average molecular weight is 441 g/mol. The van der Waals surface area contributed by atoms with Crippen LogP contribution in [0.4, 0.5) is 5.00 Å². The Hall–Kier alpha value is -3.13. The highest BCUT2D eigenvalue weighted by Gasteiger charge is 2.26. The van der Waals surface area contributed by atoms with Gasteiger partial charge in [0.1, 0.15) is 5.00 Å². The molecular weight excluding hydrogens is 416 g/mol. The van der Waals surface area contributed by atoms with Gasteiger partial charge in [-0.2, -0.15) is 0 Å². The van der Waals surface area contributed by atoms with Crippen molar-refractivity contribution < 1.29 is 23.9 Å². The topological polar surface area (TPSA) is 97.5 Å². The fraction of sp³-hybridized carbons (Fsp3) is 0.348. The van der Waals surface area contributed by atoms with E-state index in [9.17, 15) is 14.4 Å². The lowest BCUT2D eigenvalue weighted by Crippen LogP contribution is -2.22. The van der Waals surface area contributed by atoms with Crippen LogP contribution in [-0.2, 0) is 38.3 Å². The maximum absolute atomic E-state index is 12.4. The molecule has 162 valence electrons. The molecule has 0 saturated carbocycles. The van der Waals surface area contributed by atoms with E-state index >= 15 is 0 Å². The van der Waals surface area contributed by atoms with Gasteiger partial charge in [-0.05, 0) is 42.9 Å². The number of aromatic nitrogens is 1. The van der Waals surface area contributed by atoms with Crippen LogP contribution in [0.1, 0.15) is 45.6 Å². The summed E-state index contributed by atoms with van der Waals surface area (Å²) < 4.78 is 10.1. The van der Waals surface area contributed by atoms with Crippen molar-refractivity contribution in [1.29, 1.82) is 0 Å². The van der Waals surface area contributed by atoms with Crippen LogP contribution in [-0.4, -0.2) is 36.5 Å². The molecule has 2 aromatic heterocycles. The molecule has 0 saturated heterocycles. The molecular formula is C23H24N2O5S. The molecule has 8 heteroatoms. The molecule has 2 heterocycles. The molecule has 1 aliphatic carbocycles. The number of benzene rings is 1. The number of anilines is 1. The first-order valence-electron chi connectivity index (χ1n) is 10.3. The molecule has 31 heavy (non-hydrogen) atoms. The van der Waals surface area contributed by atoms with Crippen LogP contribution >= 0.6 is 11.3 Å². The van der Waals surface area contributed by atoms with E-state index in [4.69, 9.17) is 9.47 Å². The number of carbonyl (C=O) groups is 3. The zero-order chi connectivity index (χ0) is 21.8. The summed E-state index contributed by atoms with van der Waals surface area (Å²) in [5, 5.41) is 4.16. The molecule has 0 radical (unpaired) electrons. The number of hydrogen-bond donors (Lipinski definition) is 2. The van der Waals surface area contributed by atoms with E-state index in [1.807, 2.05) is 24.3 Å². The second-order valence-corrected chi connectivity index (χ2v) is 8.61. The smallest absolute Gasteiger partial charge is 0.341 e. The summed E-state index contributed by atoms with van der Waals surface area (Å²) in [7, 11) is 1.33. The van der Waals surface area contributed by atoms with Gasteiger partial charge in [0.15, 0.2) is 6.61 Å². The molecule has 1 aromatic carbocycles. The standard InChI is InChI=1S/C23H24N2O5S/c1-29-23(28)21-16-8-3-2-4-10-18(16)31-22(21)25-19(26)13-30-20(27)11-14-12-24-17-9-6-5-7-15(14)17/h5-7,9,12,24H,2-4,8,10-11,13H2,1H3,(H,25,26). The lowest BCUT2D eigenvalue weighted by Gasteiger charge is -2.08. The first-order chi connectivity index (χ1) is 15.1. The van der Waals surface area contributed by atoms with E-state index in [0.29, 0.717) is 10.6 Å². The van der Waals surface area contributed by atoms with Gasteiger partial charge >= 0.3 is 11.9 Å². The van der Waals surface area contributed by atoms with E-state index in [2.05, 4.69) is 10.3 Å². The summed E-state index contributed by atoms with van der Waals surface area (Å²) in [6, 6.07) is 7.67. The number of hydrogen-bond acceptors (Lipinski definition) is 6. The molecule has 0 spiro atoms. The molecule has 3 aromatic rings. The molecule has 1 aliphatic rings. The fourth-order valence-corrected chi connectivity index (χ4v) is 5.24. The van der Waals surface area contributed by atoms with Crippen LogP contribution in [0.15, 0.2) is 30.5 Å². The van der Waals surface area contributed by atoms with Gasteiger partial charge in [0.05, 0.1) is 19.1 Å². The molecule has 0 aliphatic heterocycles. The van der Waals surface area contributed by atoms with Crippen molar-refractivity contribution >= 4 is 45.1 Å². The van der Waals surface area contributed by atoms with Crippen molar-refractivity contribution in [3.05, 3.63) is 52.0 Å². The number of rotatable bonds is 6. The Morgan fingerprint density at radius 1 is 1.13 bits per heavy atom. The molecule has 0 bridgehead atoms. The number of aromatic amines is 1. The Morgan fingerprint density at radius 2 is 1.94 bits per heavy atom. The maximum atomic E-state index is 12.4. The van der Waals surface area contributed by atoms with Gasteiger partial charge in [-0.15, -0.1) is 11.3 Å². The molecule has 1 amide bonds. The van der Waals surface area contributed by atoms with E-state index < -0.39 is 24.5 Å². The van der Waals surface area contributed by atoms with Crippen LogP contribution in [0.3, 0.4) is 0 Å². The lowest BCUT2D eigenvalue weighted by molar-refractivity contribution is -0.146. The van der Waals surface area contributed by atoms with Crippen molar-refractivity contribution in [2.45, 2.75) is 38.5 Å². The van der Waals surface area contributed by atoms with Gasteiger partial charge in [-0.1, -0.05) is 24.6 Å². The fourth-order valence-electron chi connectivity index (χ4n) is 3.94. The number of methoxy groups -OCH3 is 1. The lowest BCUT2D eigenvalue weighted by atomic mass is 10.1. The van der Waals surface area contributed by atoms with Gasteiger partial charge < -0.3 is 19.8 Å². The minimum Gasteiger partial charge on any atom is -0.465 e. The van der Waals surface area contributed by atoms with Crippen molar-refractivity contribution in [1.82, 2.24) is 4.98 Å². The number of H-pyrrole nitrogens is 1. The van der Waals surface area contributed by atoms with E-state index in [-0.39, 0.29) is 6.42 Å². The summed E-state index contributed by atoms with van der Waals surface area (Å²) in [6.07, 6.45) is 6.71. The van der Waals surface area contributed by atoms with Crippen LogP contribution in [0.5, 0.6) is 0 Å². The average Bonchev–Trinajstić information content (AvgIpc) is 3.24. The number of amides is 1. The Labute approximate surface area is 183 Å². The minimum atomic E-state index is -0.491. The van der Waals surface area contributed by atoms with Crippen LogP contribution < -0.4 is 5.32 Å². The SMILES string of the molecule is COC(=O)c1c(NC(=O)COC(=O)Cc2c[nH]c3ccccc23)sc2c1CCCCC2. The number of esters is 2. The van der Waals surface area contributed by atoms with Gasteiger partial charge in [0, 0.05) is 22.0 Å². The summed E-state index contributed by atoms with van der Waals surface area (Å²) in [6.45, 7) is -0.412. The number of ether oxygens (including phenoxy) is 2. The Kier molecular flexibility index (Phi) is 6.36. The first kappa shape index (κ1) is 21.1. The third-order valence-electron chi connectivity index (χ3n) is 5.44. The Morgan fingerprint density at radius 3 is 2.77 bits per heavy atom. The van der Waals surface area contributed by atoms with Gasteiger partial charge in [-0.25, -0.2) is 4.79 Å². The zero-order valence-corrected chi connectivity index (χ0v) is 18.1. The van der Waals surface area contributed by atoms with E-state index in [1.54, 1.807) is 6.20 Å². The normalized spacial score (nSPS) is 13.3. The number of nitrogens with one attached hydrogen (secondary N) is 2. The van der Waals surface area contributed by atoms with Crippen molar-refractivity contribution in [3.63, 3.8) is 0 Å². The third kappa shape index (κ3) is 4.64. The number of carbonyl (C=O) groups excluding carboxylic acids is 3. The number of aryl methyl sites for hydroxylation is 1. The van der Waals surface area contributed by atoms with Crippen LogP contribution in [0.25, 0.3) is 10.9 Å². The maximum Gasteiger partial charge on any atom is 0.341 e. The quantitative estimate of drug-likeness (QED) is 0.446. The van der Waals surface area contributed by atoms with Crippen LogP contribution in [0, 0.1) is 0 Å². The Balaban J connectivity index is 1.39. The molecule has 0 fully saturated rings. The molecule has 0 unspecified atom stereocenters. The van der Waals surface area contributed by atoms with Gasteiger partial charge in [0.25, 0.3) is 5.91 Å². The van der Waals surface area contributed by atoms with Crippen molar-refractivity contribution in [2.75, 3.05) is 19.0 Å². The van der Waals surface area contributed by atoms with Gasteiger partial charge in [0.2, 0.25) is 0 Å². The largest absolute Gasteiger partial charge is 0.465 e. The highest BCUT2D eigenvalue weighted by Crippen LogP contribution is 2.37. The molecule has 4 rings (SSSR count). The van der Waals surface area contributed by atoms with Crippen molar-refractivity contribution in [3.8, 4) is 0 Å².